The van der Waals surface area contributed by atoms with Gasteiger partial charge in [-0.15, -0.1) is 6.58 Å². The van der Waals surface area contributed by atoms with Crippen LogP contribution in [0.15, 0.2) is 43.0 Å². The normalized spacial score (nSPS) is 9.14. The van der Waals surface area contributed by atoms with Gasteiger partial charge in [-0.1, -0.05) is 43.3 Å². The molecule has 14 heavy (non-hydrogen) atoms. The molecule has 1 rings (SSSR count). The van der Waals surface area contributed by atoms with Crippen LogP contribution in [0.25, 0.3) is 0 Å². The Hall–Kier alpha value is -1.08. The molecule has 0 fully saturated rings. The van der Waals surface area contributed by atoms with E-state index in [4.69, 9.17) is 0 Å². The first-order valence-corrected chi connectivity index (χ1v) is 5.00. The summed E-state index contributed by atoms with van der Waals surface area (Å²) in [5.41, 5.74) is 1.33. The Morgan fingerprint density at radius 2 is 1.71 bits per heavy atom. The first kappa shape index (κ1) is 12.9. The third kappa shape index (κ3) is 7.56. The smallest absolute Gasteiger partial charge is 0.00533 e. The van der Waals surface area contributed by atoms with Crippen molar-refractivity contribution in [2.75, 3.05) is 20.6 Å². The molecule has 1 aromatic carbocycles. The van der Waals surface area contributed by atoms with Crippen molar-refractivity contribution in [1.29, 1.82) is 0 Å². The lowest BCUT2D eigenvalue weighted by Crippen LogP contribution is -2.08. The zero-order chi connectivity index (χ0) is 10.8. The molecule has 0 heterocycles. The average Bonchev–Trinajstić information content (AvgIpc) is 2.21. The fourth-order valence-corrected chi connectivity index (χ4v) is 0.781. The lowest BCUT2D eigenvalue weighted by molar-refractivity contribution is 0.434. The van der Waals surface area contributed by atoms with E-state index in [9.17, 15) is 0 Å². The summed E-state index contributed by atoms with van der Waals surface area (Å²) >= 11 is 0. The number of hydrogen-bond acceptors (Lipinski definition) is 1. The van der Waals surface area contributed by atoms with Gasteiger partial charge in [-0.25, -0.2) is 0 Å². The lowest BCUT2D eigenvalue weighted by Gasteiger charge is -2.00. The van der Waals surface area contributed by atoms with Crippen molar-refractivity contribution in [3.05, 3.63) is 48.6 Å². The first-order valence-electron chi connectivity index (χ1n) is 5.00. The highest BCUT2D eigenvalue weighted by Crippen LogP contribution is 1.98. The van der Waals surface area contributed by atoms with Gasteiger partial charge in [-0.2, -0.15) is 0 Å². The maximum absolute atomic E-state index is 3.66. The highest BCUT2D eigenvalue weighted by Gasteiger charge is 1.82. The second-order valence-electron chi connectivity index (χ2n) is 3.37. The number of hydrogen-bond donors (Lipinski definition) is 0. The highest BCUT2D eigenvalue weighted by atomic mass is 15.0. The maximum Gasteiger partial charge on any atom is -0.00533 e. The molecular weight excluding hydrogens is 170 g/mol. The first-order chi connectivity index (χ1) is 6.70. The van der Waals surface area contributed by atoms with Crippen LogP contribution < -0.4 is 0 Å². The molecular formula is C13H21N. The minimum Gasteiger partial charge on any atom is -0.310 e. The molecule has 0 unspecified atom stereocenters. The molecule has 78 valence electrons. The second kappa shape index (κ2) is 8.52. The predicted octanol–water partition coefficient (Wildman–Crippen LogP) is 2.98. The van der Waals surface area contributed by atoms with Gasteiger partial charge in [0.2, 0.25) is 0 Å². The van der Waals surface area contributed by atoms with Crippen LogP contribution in [0.3, 0.4) is 0 Å². The van der Waals surface area contributed by atoms with Gasteiger partial charge in [0.25, 0.3) is 0 Å². The Labute approximate surface area is 88.1 Å². The molecule has 0 aromatic heterocycles. The Balaban J connectivity index is 0.000000292. The third-order valence-corrected chi connectivity index (χ3v) is 1.86. The summed E-state index contributed by atoms with van der Waals surface area (Å²) in [5.74, 6) is 0. The second-order valence-corrected chi connectivity index (χ2v) is 3.37. The molecule has 0 bridgehead atoms. The summed E-state index contributed by atoms with van der Waals surface area (Å²) < 4.78 is 0. The van der Waals surface area contributed by atoms with Crippen LogP contribution in [0.1, 0.15) is 12.5 Å². The molecule has 0 aliphatic rings. The quantitative estimate of drug-likeness (QED) is 0.664. The van der Waals surface area contributed by atoms with Crippen LogP contribution in [0.5, 0.6) is 0 Å². The molecule has 0 aliphatic carbocycles. The minimum absolute atomic E-state index is 0.973. The van der Waals surface area contributed by atoms with Crippen molar-refractivity contribution in [1.82, 2.24) is 4.90 Å². The van der Waals surface area contributed by atoms with Crippen LogP contribution in [-0.4, -0.2) is 25.5 Å². The number of nitrogens with zero attached hydrogens (tertiary/aromatic N) is 1. The Kier molecular flexibility index (Phi) is 7.86. The van der Waals surface area contributed by atoms with Gasteiger partial charge in [0.05, 0.1) is 0 Å². The van der Waals surface area contributed by atoms with Gasteiger partial charge < -0.3 is 4.90 Å². The zero-order valence-corrected chi connectivity index (χ0v) is 9.53. The highest BCUT2D eigenvalue weighted by molar-refractivity contribution is 5.16. The van der Waals surface area contributed by atoms with Gasteiger partial charge in [0, 0.05) is 0 Å². The molecule has 0 saturated heterocycles. The molecule has 1 heteroatoms. The van der Waals surface area contributed by atoms with Crippen molar-refractivity contribution in [2.45, 2.75) is 13.3 Å². The topological polar surface area (TPSA) is 3.24 Å². The van der Waals surface area contributed by atoms with Crippen molar-refractivity contribution < 1.29 is 0 Å². The van der Waals surface area contributed by atoms with Gasteiger partial charge in [-0.3, -0.25) is 0 Å². The van der Waals surface area contributed by atoms with Crippen molar-refractivity contribution in [2.24, 2.45) is 0 Å². The van der Waals surface area contributed by atoms with Crippen LogP contribution >= 0.6 is 0 Å². The fourth-order valence-electron chi connectivity index (χ4n) is 0.781. The minimum atomic E-state index is 0.973. The Morgan fingerprint density at radius 3 is 2.07 bits per heavy atom. The van der Waals surface area contributed by atoms with E-state index in [1.807, 2.05) is 24.3 Å². The summed E-state index contributed by atoms with van der Waals surface area (Å²) in [7, 11) is 4.11. The molecule has 0 saturated carbocycles. The van der Waals surface area contributed by atoms with E-state index in [0.717, 1.165) is 13.0 Å². The van der Waals surface area contributed by atoms with Crippen LogP contribution in [0, 0.1) is 0 Å². The summed E-state index contributed by atoms with van der Waals surface area (Å²) in [4.78, 5) is 2.12. The number of benzene rings is 1. The molecule has 0 spiro atoms. The van der Waals surface area contributed by atoms with E-state index < -0.39 is 0 Å². The van der Waals surface area contributed by atoms with E-state index in [-0.39, 0.29) is 0 Å². The van der Waals surface area contributed by atoms with Gasteiger partial charge >= 0.3 is 0 Å². The molecule has 0 radical (unpaired) electrons. The van der Waals surface area contributed by atoms with E-state index in [1.165, 1.54) is 5.56 Å². The zero-order valence-electron chi connectivity index (χ0n) is 9.53. The number of rotatable bonds is 3. The number of allylic oxidation sites excluding steroid dienone is 1. The standard InChI is InChI=1S/C9H10.C4H11N/c1-2-6-9-7-4-3-5-8-9;1-4-5(2)3/h2-5,7-8H,1,6H2;4H2,1-3H3. The average molecular weight is 191 g/mol. The van der Waals surface area contributed by atoms with Crippen molar-refractivity contribution in [3.63, 3.8) is 0 Å². The summed E-state index contributed by atoms with van der Waals surface area (Å²) in [5, 5.41) is 0. The molecule has 1 nitrogen and oxygen atoms in total. The molecule has 1 aromatic rings. The molecule has 0 N–H and O–H groups in total. The predicted molar refractivity (Wildman–Crippen MR) is 64.6 cm³/mol. The monoisotopic (exact) mass is 191 g/mol. The largest absolute Gasteiger partial charge is 0.310 e. The van der Waals surface area contributed by atoms with E-state index in [2.05, 4.69) is 44.6 Å². The third-order valence-electron chi connectivity index (χ3n) is 1.86. The van der Waals surface area contributed by atoms with E-state index in [0.29, 0.717) is 0 Å². The van der Waals surface area contributed by atoms with E-state index in [1.54, 1.807) is 0 Å². The van der Waals surface area contributed by atoms with Crippen LogP contribution in [0.2, 0.25) is 0 Å². The van der Waals surface area contributed by atoms with Crippen molar-refractivity contribution >= 4 is 0 Å². The fraction of sp³-hybridized carbons (Fsp3) is 0.385. The lowest BCUT2D eigenvalue weighted by atomic mass is 10.2. The maximum atomic E-state index is 3.66. The summed E-state index contributed by atoms with van der Waals surface area (Å²) in [6.07, 6.45) is 2.89. The van der Waals surface area contributed by atoms with Gasteiger partial charge in [0.15, 0.2) is 0 Å². The van der Waals surface area contributed by atoms with Crippen LogP contribution in [0.4, 0.5) is 0 Å². The molecule has 0 aliphatic heterocycles. The van der Waals surface area contributed by atoms with Gasteiger partial charge in [0.1, 0.15) is 0 Å². The van der Waals surface area contributed by atoms with Crippen LogP contribution in [-0.2, 0) is 6.42 Å². The van der Waals surface area contributed by atoms with E-state index >= 15 is 0 Å². The molecule has 0 amide bonds. The Morgan fingerprint density at radius 1 is 1.21 bits per heavy atom. The van der Waals surface area contributed by atoms with Crippen molar-refractivity contribution in [3.8, 4) is 0 Å². The van der Waals surface area contributed by atoms with Gasteiger partial charge in [-0.05, 0) is 32.6 Å². The molecule has 0 atom stereocenters. The summed E-state index contributed by atoms with van der Waals surface area (Å²) in [6, 6.07) is 10.3. The Bertz CT molecular complexity index is 226. The SMILES string of the molecule is C=CCc1ccccc1.CCN(C)C. The summed E-state index contributed by atoms with van der Waals surface area (Å²) in [6.45, 7) is 6.92.